The van der Waals surface area contributed by atoms with Crippen LogP contribution >= 0.6 is 27.5 Å². The van der Waals surface area contributed by atoms with Crippen LogP contribution in [0.4, 0.5) is 5.69 Å². The number of rotatable bonds is 5. The maximum absolute atomic E-state index is 12.1. The SMILES string of the molecule is O=C(CCNC(=O)c1ccccc1Br)N=Nc1c(O)[nH]c2ccc(Cl)cc12. The maximum atomic E-state index is 12.1. The zero-order valence-corrected chi connectivity index (χ0v) is 16.2. The molecule has 7 nitrogen and oxygen atoms in total. The summed E-state index contributed by atoms with van der Waals surface area (Å²) in [5.74, 6) is -1.03. The average Bonchev–Trinajstić information content (AvgIpc) is 2.94. The highest BCUT2D eigenvalue weighted by atomic mass is 79.9. The third-order valence-corrected chi connectivity index (χ3v) is 4.65. The Morgan fingerprint density at radius 2 is 2.00 bits per heavy atom. The van der Waals surface area contributed by atoms with Gasteiger partial charge in [0.15, 0.2) is 5.69 Å². The van der Waals surface area contributed by atoms with Crippen LogP contribution < -0.4 is 5.32 Å². The van der Waals surface area contributed by atoms with E-state index in [0.717, 1.165) is 0 Å². The topological polar surface area (TPSA) is 107 Å². The number of hydrogen-bond donors (Lipinski definition) is 3. The first-order valence-corrected chi connectivity index (χ1v) is 9.10. The minimum absolute atomic E-state index is 0.0242. The van der Waals surface area contributed by atoms with Gasteiger partial charge in [-0.2, -0.15) is 0 Å². The van der Waals surface area contributed by atoms with Gasteiger partial charge in [0.1, 0.15) is 0 Å². The van der Waals surface area contributed by atoms with Crippen LogP contribution in [0.25, 0.3) is 10.9 Å². The van der Waals surface area contributed by atoms with Crippen molar-refractivity contribution in [3.63, 3.8) is 0 Å². The van der Waals surface area contributed by atoms with Crippen molar-refractivity contribution in [1.82, 2.24) is 10.3 Å². The van der Waals surface area contributed by atoms with Crippen LogP contribution in [-0.2, 0) is 4.79 Å². The molecular formula is C18H14BrClN4O3. The van der Waals surface area contributed by atoms with Crippen LogP contribution in [0.3, 0.4) is 0 Å². The molecule has 1 aromatic heterocycles. The summed E-state index contributed by atoms with van der Waals surface area (Å²) in [6, 6.07) is 12.0. The smallest absolute Gasteiger partial charge is 0.266 e. The fourth-order valence-corrected chi connectivity index (χ4v) is 3.05. The molecule has 138 valence electrons. The van der Waals surface area contributed by atoms with Crippen molar-refractivity contribution in [2.45, 2.75) is 6.42 Å². The van der Waals surface area contributed by atoms with Gasteiger partial charge >= 0.3 is 0 Å². The molecule has 0 fully saturated rings. The lowest BCUT2D eigenvalue weighted by molar-refractivity contribution is -0.118. The molecule has 0 spiro atoms. The van der Waals surface area contributed by atoms with Gasteiger partial charge in [-0.15, -0.1) is 10.2 Å². The van der Waals surface area contributed by atoms with Crippen LogP contribution in [0.2, 0.25) is 5.02 Å². The van der Waals surface area contributed by atoms with Crippen molar-refractivity contribution < 1.29 is 14.7 Å². The Balaban J connectivity index is 1.60. The van der Waals surface area contributed by atoms with Crippen molar-refractivity contribution in [3.8, 4) is 5.88 Å². The van der Waals surface area contributed by atoms with E-state index in [1.807, 2.05) is 0 Å². The lowest BCUT2D eigenvalue weighted by Crippen LogP contribution is -2.26. The molecule has 0 radical (unpaired) electrons. The molecule has 0 aliphatic carbocycles. The van der Waals surface area contributed by atoms with Crippen LogP contribution in [0.1, 0.15) is 16.8 Å². The number of hydrogen-bond acceptors (Lipinski definition) is 4. The summed E-state index contributed by atoms with van der Waals surface area (Å²) in [7, 11) is 0. The molecule has 2 aromatic carbocycles. The number of aromatic hydroxyl groups is 1. The summed E-state index contributed by atoms with van der Waals surface area (Å²) >= 11 is 9.24. The van der Waals surface area contributed by atoms with E-state index >= 15 is 0 Å². The minimum atomic E-state index is -0.529. The van der Waals surface area contributed by atoms with Crippen molar-refractivity contribution in [2.24, 2.45) is 10.2 Å². The molecule has 2 amide bonds. The monoisotopic (exact) mass is 448 g/mol. The Kier molecular flexibility index (Phi) is 5.88. The number of carbonyl (C=O) groups excluding carboxylic acids is 2. The molecule has 1 heterocycles. The average molecular weight is 450 g/mol. The lowest BCUT2D eigenvalue weighted by Gasteiger charge is -2.05. The van der Waals surface area contributed by atoms with Crippen molar-refractivity contribution >= 4 is 55.9 Å². The number of amides is 2. The summed E-state index contributed by atoms with van der Waals surface area (Å²) in [6.45, 7) is 0.115. The number of azo groups is 1. The predicted octanol–water partition coefficient (Wildman–Crippen LogP) is 4.72. The van der Waals surface area contributed by atoms with Crippen molar-refractivity contribution in [1.29, 1.82) is 0 Å². The molecule has 3 rings (SSSR count). The van der Waals surface area contributed by atoms with Crippen LogP contribution in [0.5, 0.6) is 5.88 Å². The fraction of sp³-hybridized carbons (Fsp3) is 0.111. The number of nitrogens with zero attached hydrogens (tertiary/aromatic N) is 2. The Hall–Kier alpha value is -2.71. The summed E-state index contributed by atoms with van der Waals surface area (Å²) in [4.78, 5) is 26.7. The Morgan fingerprint density at radius 3 is 2.78 bits per heavy atom. The third-order valence-electron chi connectivity index (χ3n) is 3.72. The molecule has 0 saturated carbocycles. The standard InChI is InChI=1S/C18H14BrClN4O3/c19-13-4-2-1-3-11(13)17(26)21-8-7-15(25)23-24-16-12-9-10(20)5-6-14(12)22-18(16)27/h1-6,9,22,27H,7-8H2,(H,21,26). The summed E-state index contributed by atoms with van der Waals surface area (Å²) in [5, 5.41) is 21.0. The Labute approximate surface area is 167 Å². The van der Waals surface area contributed by atoms with Crippen LogP contribution in [-0.4, -0.2) is 28.4 Å². The molecule has 0 bridgehead atoms. The molecule has 3 N–H and O–H groups in total. The van der Waals surface area contributed by atoms with E-state index in [1.54, 1.807) is 42.5 Å². The Morgan fingerprint density at radius 1 is 1.22 bits per heavy atom. The number of benzene rings is 2. The summed E-state index contributed by atoms with van der Waals surface area (Å²) in [6.07, 6.45) is -0.0242. The minimum Gasteiger partial charge on any atom is -0.493 e. The molecule has 0 unspecified atom stereocenters. The molecule has 9 heteroatoms. The van der Waals surface area contributed by atoms with Crippen molar-refractivity contribution in [2.75, 3.05) is 6.54 Å². The van der Waals surface area contributed by atoms with E-state index in [4.69, 9.17) is 11.6 Å². The van der Waals surface area contributed by atoms with Crippen molar-refractivity contribution in [3.05, 3.63) is 57.5 Å². The number of aromatic nitrogens is 1. The molecule has 3 aromatic rings. The van der Waals surface area contributed by atoms with Gasteiger partial charge in [0.25, 0.3) is 11.8 Å². The van der Waals surface area contributed by atoms with Crippen LogP contribution in [0.15, 0.2) is 57.2 Å². The van der Waals surface area contributed by atoms with Gasteiger partial charge < -0.3 is 15.4 Å². The fourth-order valence-electron chi connectivity index (χ4n) is 2.42. The second kappa shape index (κ2) is 8.32. The van der Waals surface area contributed by atoms with Gasteiger partial charge in [-0.1, -0.05) is 23.7 Å². The third kappa shape index (κ3) is 4.53. The highest BCUT2D eigenvalue weighted by Gasteiger charge is 2.12. The highest BCUT2D eigenvalue weighted by molar-refractivity contribution is 9.10. The first kappa shape index (κ1) is 19.1. The van der Waals surface area contributed by atoms with E-state index in [2.05, 4.69) is 36.5 Å². The summed E-state index contributed by atoms with van der Waals surface area (Å²) < 4.78 is 0.669. The zero-order valence-electron chi connectivity index (χ0n) is 13.9. The number of halogens is 2. The highest BCUT2D eigenvalue weighted by Crippen LogP contribution is 2.36. The predicted molar refractivity (Wildman–Crippen MR) is 106 cm³/mol. The lowest BCUT2D eigenvalue weighted by atomic mass is 10.2. The molecule has 0 saturated heterocycles. The van der Waals surface area contributed by atoms with Gasteiger partial charge in [-0.05, 0) is 46.3 Å². The Bertz CT molecular complexity index is 1050. The van der Waals surface area contributed by atoms with Crippen LogP contribution in [0, 0.1) is 0 Å². The van der Waals surface area contributed by atoms with Gasteiger partial charge in [-0.25, -0.2) is 0 Å². The number of nitrogens with one attached hydrogen (secondary N) is 2. The first-order chi connectivity index (χ1) is 13.0. The second-order valence-electron chi connectivity index (χ2n) is 5.59. The number of fused-ring (bicyclic) bond motifs is 1. The maximum Gasteiger partial charge on any atom is 0.266 e. The van der Waals surface area contributed by atoms with E-state index in [-0.39, 0.29) is 30.4 Å². The van der Waals surface area contributed by atoms with E-state index < -0.39 is 5.91 Å². The van der Waals surface area contributed by atoms with E-state index in [9.17, 15) is 14.7 Å². The molecular weight excluding hydrogens is 436 g/mol. The quantitative estimate of drug-likeness (QED) is 0.491. The molecule has 0 atom stereocenters. The summed E-state index contributed by atoms with van der Waals surface area (Å²) in [5.41, 5.74) is 1.24. The van der Waals surface area contributed by atoms with Gasteiger partial charge in [0.05, 0.1) is 11.1 Å². The first-order valence-electron chi connectivity index (χ1n) is 7.93. The van der Waals surface area contributed by atoms with Gasteiger partial charge in [-0.3, -0.25) is 9.59 Å². The zero-order chi connectivity index (χ0) is 19.4. The van der Waals surface area contributed by atoms with Gasteiger partial charge in [0.2, 0.25) is 5.88 Å². The number of aromatic amines is 1. The largest absolute Gasteiger partial charge is 0.493 e. The van der Waals surface area contributed by atoms with Gasteiger partial charge in [0, 0.05) is 27.8 Å². The normalized spacial score (nSPS) is 11.2. The van der Waals surface area contributed by atoms with E-state index in [1.165, 1.54) is 0 Å². The molecule has 0 aliphatic rings. The molecule has 0 aliphatic heterocycles. The van der Waals surface area contributed by atoms with E-state index in [0.29, 0.717) is 26.0 Å². The number of H-pyrrole nitrogens is 1. The number of carbonyl (C=O) groups is 2. The second-order valence-corrected chi connectivity index (χ2v) is 6.88. The molecule has 27 heavy (non-hydrogen) atoms.